The maximum atomic E-state index is 12.9. The summed E-state index contributed by atoms with van der Waals surface area (Å²) in [5, 5.41) is 8.32. The number of carbonyl (C=O) groups excluding carboxylic acids is 1. The minimum absolute atomic E-state index is 0.128. The van der Waals surface area contributed by atoms with Crippen LogP contribution in [0, 0.1) is 0 Å². The number of carbonyl (C=O) groups is 1. The number of nitrogens with one attached hydrogen (secondary N) is 1. The topological polar surface area (TPSA) is 81.8 Å². The van der Waals surface area contributed by atoms with Crippen LogP contribution in [0.4, 0.5) is 0 Å². The summed E-state index contributed by atoms with van der Waals surface area (Å²) in [5.74, 6) is 0.765. The summed E-state index contributed by atoms with van der Waals surface area (Å²) in [5.41, 5.74) is 1.95. The van der Waals surface area contributed by atoms with E-state index in [0.717, 1.165) is 16.2 Å². The summed E-state index contributed by atoms with van der Waals surface area (Å²) >= 11 is 7.56. The predicted molar refractivity (Wildman–Crippen MR) is 128 cm³/mol. The highest BCUT2D eigenvalue weighted by Gasteiger charge is 2.13. The molecule has 0 fully saturated rings. The zero-order valence-electron chi connectivity index (χ0n) is 17.5. The smallest absolute Gasteiger partial charge is 0.264 e. The van der Waals surface area contributed by atoms with Gasteiger partial charge in [0.1, 0.15) is 11.7 Å². The molecule has 0 radical (unpaired) electrons. The molecular formula is C23H22ClN5O2S. The first-order valence-corrected chi connectivity index (χ1v) is 11.6. The van der Waals surface area contributed by atoms with E-state index in [0.29, 0.717) is 41.3 Å². The highest BCUT2D eigenvalue weighted by molar-refractivity contribution is 7.99. The molecule has 1 amide bonds. The SMILES string of the molecule is CCSc1ccccc1C(=O)NCCn1ncc2c(=O)n(Cc3ccc(Cl)cc3)cnc21. The van der Waals surface area contributed by atoms with Crippen molar-refractivity contribution in [1.29, 1.82) is 0 Å². The van der Waals surface area contributed by atoms with Gasteiger partial charge in [0.05, 0.1) is 24.8 Å². The van der Waals surface area contributed by atoms with Gasteiger partial charge >= 0.3 is 0 Å². The van der Waals surface area contributed by atoms with Crippen LogP contribution < -0.4 is 10.9 Å². The highest BCUT2D eigenvalue weighted by atomic mass is 35.5. The van der Waals surface area contributed by atoms with Crippen LogP contribution in [-0.4, -0.2) is 37.5 Å². The number of rotatable bonds is 8. The molecule has 0 unspecified atom stereocenters. The molecule has 4 rings (SSSR count). The fourth-order valence-corrected chi connectivity index (χ4v) is 4.29. The Bertz CT molecular complexity index is 1300. The van der Waals surface area contributed by atoms with Crippen LogP contribution in [0.15, 0.2) is 70.7 Å². The lowest BCUT2D eigenvalue weighted by Crippen LogP contribution is -2.28. The Labute approximate surface area is 194 Å². The molecule has 0 aliphatic carbocycles. The molecule has 164 valence electrons. The Kier molecular flexibility index (Phi) is 6.92. The number of amides is 1. The van der Waals surface area contributed by atoms with Gasteiger partial charge in [-0.15, -0.1) is 11.8 Å². The molecule has 32 heavy (non-hydrogen) atoms. The van der Waals surface area contributed by atoms with E-state index in [4.69, 9.17) is 11.6 Å². The van der Waals surface area contributed by atoms with E-state index in [2.05, 4.69) is 22.3 Å². The second kappa shape index (κ2) is 10.0. The second-order valence-corrected chi connectivity index (χ2v) is 8.84. The van der Waals surface area contributed by atoms with E-state index in [9.17, 15) is 9.59 Å². The Morgan fingerprint density at radius 2 is 1.94 bits per heavy atom. The van der Waals surface area contributed by atoms with Crippen molar-refractivity contribution in [2.24, 2.45) is 0 Å². The number of thioether (sulfide) groups is 1. The van der Waals surface area contributed by atoms with E-state index in [1.807, 2.05) is 36.4 Å². The molecule has 0 aliphatic heterocycles. The van der Waals surface area contributed by atoms with Crippen molar-refractivity contribution >= 4 is 40.3 Å². The van der Waals surface area contributed by atoms with Gasteiger partial charge in [-0.2, -0.15) is 5.10 Å². The van der Waals surface area contributed by atoms with Gasteiger partial charge in [-0.05, 0) is 35.6 Å². The summed E-state index contributed by atoms with van der Waals surface area (Å²) in [6, 6.07) is 14.9. The van der Waals surface area contributed by atoms with Crippen molar-refractivity contribution in [2.45, 2.75) is 24.9 Å². The minimum Gasteiger partial charge on any atom is -0.350 e. The molecule has 9 heteroatoms. The molecule has 1 N–H and O–H groups in total. The summed E-state index contributed by atoms with van der Waals surface area (Å²) < 4.78 is 3.18. The van der Waals surface area contributed by atoms with E-state index in [1.165, 1.54) is 12.5 Å². The van der Waals surface area contributed by atoms with Gasteiger partial charge < -0.3 is 5.32 Å². The molecule has 7 nitrogen and oxygen atoms in total. The Morgan fingerprint density at radius 3 is 2.72 bits per heavy atom. The monoisotopic (exact) mass is 467 g/mol. The lowest BCUT2D eigenvalue weighted by Gasteiger charge is -2.10. The average molecular weight is 468 g/mol. The van der Waals surface area contributed by atoms with Gasteiger partial charge in [0.15, 0.2) is 5.65 Å². The van der Waals surface area contributed by atoms with E-state index in [1.54, 1.807) is 33.1 Å². The maximum Gasteiger partial charge on any atom is 0.264 e. The number of aromatic nitrogens is 4. The first kappa shape index (κ1) is 22.1. The molecule has 2 aromatic heterocycles. The van der Waals surface area contributed by atoms with Gasteiger partial charge in [-0.3, -0.25) is 14.2 Å². The molecule has 0 atom stereocenters. The van der Waals surface area contributed by atoms with E-state index in [-0.39, 0.29) is 11.5 Å². The molecule has 0 saturated carbocycles. The van der Waals surface area contributed by atoms with Crippen molar-refractivity contribution in [3.63, 3.8) is 0 Å². The van der Waals surface area contributed by atoms with Crippen LogP contribution in [0.5, 0.6) is 0 Å². The van der Waals surface area contributed by atoms with Crippen LogP contribution in [-0.2, 0) is 13.1 Å². The summed E-state index contributed by atoms with van der Waals surface area (Å²) in [4.78, 5) is 30.8. The maximum absolute atomic E-state index is 12.9. The predicted octanol–water partition coefficient (Wildman–Crippen LogP) is 3.84. The Hall–Kier alpha value is -3.10. The van der Waals surface area contributed by atoms with E-state index < -0.39 is 0 Å². The third-order valence-electron chi connectivity index (χ3n) is 4.93. The van der Waals surface area contributed by atoms with Gasteiger partial charge in [0.2, 0.25) is 0 Å². The van der Waals surface area contributed by atoms with Crippen molar-refractivity contribution in [2.75, 3.05) is 12.3 Å². The van der Waals surface area contributed by atoms with Crippen LogP contribution >= 0.6 is 23.4 Å². The minimum atomic E-state index is -0.161. The van der Waals surface area contributed by atoms with Crippen LogP contribution in [0.2, 0.25) is 5.02 Å². The number of halogens is 1. The molecule has 4 aromatic rings. The number of hydrogen-bond donors (Lipinski definition) is 1. The molecule has 0 aliphatic rings. The van der Waals surface area contributed by atoms with Crippen molar-refractivity contribution in [3.8, 4) is 0 Å². The molecule has 0 saturated heterocycles. The molecular weight excluding hydrogens is 446 g/mol. The Balaban J connectivity index is 1.44. The van der Waals surface area contributed by atoms with Crippen molar-refractivity contribution < 1.29 is 4.79 Å². The zero-order valence-corrected chi connectivity index (χ0v) is 19.1. The fourth-order valence-electron chi connectivity index (χ4n) is 3.37. The Morgan fingerprint density at radius 1 is 1.16 bits per heavy atom. The van der Waals surface area contributed by atoms with Crippen LogP contribution in [0.1, 0.15) is 22.8 Å². The van der Waals surface area contributed by atoms with Crippen molar-refractivity contribution in [3.05, 3.63) is 87.6 Å². The second-order valence-electron chi connectivity index (χ2n) is 7.09. The largest absolute Gasteiger partial charge is 0.350 e. The fraction of sp³-hybridized carbons (Fsp3) is 0.217. The van der Waals surface area contributed by atoms with Gasteiger partial charge in [0.25, 0.3) is 11.5 Å². The van der Waals surface area contributed by atoms with Crippen LogP contribution in [0.3, 0.4) is 0 Å². The van der Waals surface area contributed by atoms with Gasteiger partial charge in [0, 0.05) is 16.5 Å². The molecule has 0 bridgehead atoms. The number of hydrogen-bond acceptors (Lipinski definition) is 5. The van der Waals surface area contributed by atoms with Crippen LogP contribution in [0.25, 0.3) is 11.0 Å². The number of nitrogens with zero attached hydrogens (tertiary/aromatic N) is 4. The number of fused-ring (bicyclic) bond motifs is 1. The van der Waals surface area contributed by atoms with E-state index >= 15 is 0 Å². The van der Waals surface area contributed by atoms with Gasteiger partial charge in [-0.1, -0.05) is 42.8 Å². The standard InChI is InChI=1S/C23H22ClN5O2S/c1-2-32-20-6-4-3-5-18(20)22(30)25-11-12-29-21-19(13-27-29)23(31)28(15-26-21)14-16-7-9-17(24)10-8-16/h3-10,13,15H,2,11-12,14H2,1H3,(H,25,30). The van der Waals surface area contributed by atoms with Crippen molar-refractivity contribution in [1.82, 2.24) is 24.6 Å². The lowest BCUT2D eigenvalue weighted by molar-refractivity contribution is 0.0949. The highest BCUT2D eigenvalue weighted by Crippen LogP contribution is 2.22. The van der Waals surface area contributed by atoms with Gasteiger partial charge in [-0.25, -0.2) is 9.67 Å². The molecule has 2 heterocycles. The summed E-state index contributed by atoms with van der Waals surface area (Å²) in [6.07, 6.45) is 3.05. The number of benzene rings is 2. The average Bonchev–Trinajstić information content (AvgIpc) is 3.21. The normalized spacial score (nSPS) is 11.1. The quantitative estimate of drug-likeness (QED) is 0.398. The first-order chi connectivity index (χ1) is 15.6. The third kappa shape index (κ3) is 4.87. The zero-order chi connectivity index (χ0) is 22.5. The molecule has 0 spiro atoms. The first-order valence-electron chi connectivity index (χ1n) is 10.2. The summed E-state index contributed by atoms with van der Waals surface area (Å²) in [6.45, 7) is 3.23. The lowest BCUT2D eigenvalue weighted by atomic mass is 10.2. The third-order valence-corrected chi connectivity index (χ3v) is 6.14. The summed E-state index contributed by atoms with van der Waals surface area (Å²) in [7, 11) is 0. The molecule has 2 aromatic carbocycles.